The molecule has 1 N–H and O–H groups in total. The molecule has 1 aromatic heterocycles. The van der Waals surface area contributed by atoms with Gasteiger partial charge in [0.1, 0.15) is 0 Å². The molecule has 0 atom stereocenters. The quantitative estimate of drug-likeness (QED) is 0.709. The number of carbonyl (C=O) groups excluding carboxylic acids is 1. The lowest BCUT2D eigenvalue weighted by molar-refractivity contribution is -0.113. The van der Waals surface area contributed by atoms with Gasteiger partial charge in [0.15, 0.2) is 0 Å². The van der Waals surface area contributed by atoms with Crippen molar-refractivity contribution in [3.63, 3.8) is 0 Å². The summed E-state index contributed by atoms with van der Waals surface area (Å²) >= 11 is 1.22. The van der Waals surface area contributed by atoms with E-state index in [1.807, 2.05) is 62.4 Å². The summed E-state index contributed by atoms with van der Waals surface area (Å²) in [5.74, 6) is 0.624. The van der Waals surface area contributed by atoms with E-state index in [2.05, 4.69) is 15.5 Å². The highest BCUT2D eigenvalue weighted by Crippen LogP contribution is 2.22. The molecule has 0 fully saturated rings. The largest absolute Gasteiger partial charge is 0.327 e. The van der Waals surface area contributed by atoms with Gasteiger partial charge in [0.25, 0.3) is 5.22 Å². The standard InChI is InChI=1S/C18H17N3O2S/c1-12-3-7-14(8-4-12)17-20-18(23-21-17)24-11-16(22)19-15-9-5-13(2)6-10-15/h3-10H,11H2,1-2H3,(H,19,22). The number of aryl methyl sites for hydroxylation is 2. The summed E-state index contributed by atoms with van der Waals surface area (Å²) in [6.07, 6.45) is 0. The van der Waals surface area contributed by atoms with Gasteiger partial charge in [-0.1, -0.05) is 64.4 Å². The predicted octanol–water partition coefficient (Wildman–Crippen LogP) is 4.08. The molecule has 0 aliphatic carbocycles. The van der Waals surface area contributed by atoms with Crippen LogP contribution >= 0.6 is 11.8 Å². The molecule has 122 valence electrons. The molecule has 0 radical (unpaired) electrons. The number of hydrogen-bond acceptors (Lipinski definition) is 5. The lowest BCUT2D eigenvalue weighted by atomic mass is 10.1. The monoisotopic (exact) mass is 339 g/mol. The van der Waals surface area contributed by atoms with Crippen molar-refractivity contribution in [2.24, 2.45) is 0 Å². The third kappa shape index (κ3) is 4.23. The van der Waals surface area contributed by atoms with Gasteiger partial charge in [-0.2, -0.15) is 4.98 Å². The Labute approximate surface area is 144 Å². The molecule has 2 aromatic carbocycles. The summed E-state index contributed by atoms with van der Waals surface area (Å²) in [5, 5.41) is 7.16. The van der Waals surface area contributed by atoms with Crippen molar-refractivity contribution in [1.82, 2.24) is 10.1 Å². The maximum atomic E-state index is 12.0. The topological polar surface area (TPSA) is 68.0 Å². The lowest BCUT2D eigenvalue weighted by Crippen LogP contribution is -2.13. The number of rotatable bonds is 5. The summed E-state index contributed by atoms with van der Waals surface area (Å²) in [6.45, 7) is 4.02. The van der Waals surface area contributed by atoms with Crippen LogP contribution in [0.15, 0.2) is 58.3 Å². The first-order valence-electron chi connectivity index (χ1n) is 7.50. The fourth-order valence-corrected chi connectivity index (χ4v) is 2.62. The molecule has 0 saturated carbocycles. The van der Waals surface area contributed by atoms with Crippen molar-refractivity contribution < 1.29 is 9.32 Å². The van der Waals surface area contributed by atoms with Crippen molar-refractivity contribution in [2.75, 3.05) is 11.1 Å². The van der Waals surface area contributed by atoms with E-state index in [4.69, 9.17) is 4.52 Å². The van der Waals surface area contributed by atoms with E-state index in [0.717, 1.165) is 16.8 Å². The number of nitrogens with zero attached hydrogens (tertiary/aromatic N) is 2. The molecule has 0 saturated heterocycles. The van der Waals surface area contributed by atoms with Gasteiger partial charge in [0.2, 0.25) is 11.7 Å². The minimum atomic E-state index is -0.112. The summed E-state index contributed by atoms with van der Waals surface area (Å²) in [5.41, 5.74) is 3.99. The highest BCUT2D eigenvalue weighted by atomic mass is 32.2. The SMILES string of the molecule is Cc1ccc(NC(=O)CSc2nc(-c3ccc(C)cc3)no2)cc1. The Bertz CT molecular complexity index is 826. The summed E-state index contributed by atoms with van der Waals surface area (Å²) in [6, 6.07) is 15.5. The van der Waals surface area contributed by atoms with Crippen molar-refractivity contribution in [2.45, 2.75) is 19.1 Å². The van der Waals surface area contributed by atoms with Crippen molar-refractivity contribution in [1.29, 1.82) is 0 Å². The van der Waals surface area contributed by atoms with Crippen molar-refractivity contribution >= 4 is 23.4 Å². The van der Waals surface area contributed by atoms with Gasteiger partial charge in [-0.3, -0.25) is 4.79 Å². The first kappa shape index (κ1) is 16.3. The molecule has 3 aromatic rings. The van der Waals surface area contributed by atoms with Crippen LogP contribution in [0.25, 0.3) is 11.4 Å². The molecular weight excluding hydrogens is 322 g/mol. The Balaban J connectivity index is 1.56. The predicted molar refractivity (Wildman–Crippen MR) is 95.0 cm³/mol. The fraction of sp³-hybridized carbons (Fsp3) is 0.167. The first-order valence-corrected chi connectivity index (χ1v) is 8.49. The van der Waals surface area contributed by atoms with Gasteiger partial charge < -0.3 is 9.84 Å². The smallest absolute Gasteiger partial charge is 0.286 e. The van der Waals surface area contributed by atoms with E-state index in [1.54, 1.807) is 0 Å². The van der Waals surface area contributed by atoms with Gasteiger partial charge >= 0.3 is 0 Å². The van der Waals surface area contributed by atoms with Crippen molar-refractivity contribution in [3.8, 4) is 11.4 Å². The minimum Gasteiger partial charge on any atom is -0.327 e. The number of thioether (sulfide) groups is 1. The Kier molecular flexibility index (Phi) is 4.96. The fourth-order valence-electron chi connectivity index (χ4n) is 2.05. The van der Waals surface area contributed by atoms with E-state index in [1.165, 1.54) is 17.3 Å². The molecule has 24 heavy (non-hydrogen) atoms. The van der Waals surface area contributed by atoms with Gasteiger partial charge in [-0.25, -0.2) is 0 Å². The van der Waals surface area contributed by atoms with Crippen LogP contribution in [0, 0.1) is 13.8 Å². The van der Waals surface area contributed by atoms with E-state index in [9.17, 15) is 4.79 Å². The second-order valence-corrected chi connectivity index (χ2v) is 6.38. The second kappa shape index (κ2) is 7.31. The number of carbonyl (C=O) groups is 1. The van der Waals surface area contributed by atoms with Crippen LogP contribution in [-0.2, 0) is 4.79 Å². The van der Waals surface area contributed by atoms with Gasteiger partial charge in [-0.05, 0) is 26.0 Å². The van der Waals surface area contributed by atoms with E-state index in [0.29, 0.717) is 11.0 Å². The molecule has 6 heteroatoms. The zero-order chi connectivity index (χ0) is 16.9. The lowest BCUT2D eigenvalue weighted by Gasteiger charge is -2.03. The highest BCUT2D eigenvalue weighted by molar-refractivity contribution is 7.99. The minimum absolute atomic E-state index is 0.112. The Morgan fingerprint density at radius 2 is 1.67 bits per heavy atom. The molecule has 5 nitrogen and oxygen atoms in total. The van der Waals surface area contributed by atoms with Crippen molar-refractivity contribution in [3.05, 3.63) is 59.7 Å². The van der Waals surface area contributed by atoms with Crippen LogP contribution in [0.3, 0.4) is 0 Å². The molecule has 1 heterocycles. The van der Waals surface area contributed by atoms with Crippen LogP contribution in [0.2, 0.25) is 0 Å². The third-order valence-corrected chi connectivity index (χ3v) is 4.20. The van der Waals surface area contributed by atoms with Crippen LogP contribution in [0.4, 0.5) is 5.69 Å². The molecule has 3 rings (SSSR count). The molecule has 0 unspecified atom stereocenters. The van der Waals surface area contributed by atoms with E-state index in [-0.39, 0.29) is 11.7 Å². The number of amides is 1. The second-order valence-electron chi connectivity index (χ2n) is 5.45. The average molecular weight is 339 g/mol. The van der Waals surface area contributed by atoms with E-state index >= 15 is 0 Å². The maximum absolute atomic E-state index is 12.0. The molecule has 1 amide bonds. The Morgan fingerprint density at radius 1 is 1.04 bits per heavy atom. The number of anilines is 1. The maximum Gasteiger partial charge on any atom is 0.286 e. The number of nitrogens with one attached hydrogen (secondary N) is 1. The molecular formula is C18H17N3O2S. The normalized spacial score (nSPS) is 10.6. The average Bonchev–Trinajstić information content (AvgIpc) is 3.05. The number of aromatic nitrogens is 2. The summed E-state index contributed by atoms with van der Waals surface area (Å²) in [7, 11) is 0. The van der Waals surface area contributed by atoms with Crippen LogP contribution < -0.4 is 5.32 Å². The molecule has 0 aliphatic rings. The zero-order valence-electron chi connectivity index (χ0n) is 13.4. The van der Waals surface area contributed by atoms with E-state index < -0.39 is 0 Å². The van der Waals surface area contributed by atoms with Gasteiger partial charge in [-0.15, -0.1) is 0 Å². The Hall–Kier alpha value is -2.60. The number of benzene rings is 2. The summed E-state index contributed by atoms with van der Waals surface area (Å²) < 4.78 is 5.19. The Morgan fingerprint density at radius 3 is 2.33 bits per heavy atom. The van der Waals surface area contributed by atoms with Crippen LogP contribution in [0.5, 0.6) is 0 Å². The van der Waals surface area contributed by atoms with Crippen LogP contribution in [-0.4, -0.2) is 21.8 Å². The first-order chi connectivity index (χ1) is 11.6. The number of hydrogen-bond donors (Lipinski definition) is 1. The third-order valence-electron chi connectivity index (χ3n) is 3.38. The molecule has 0 aliphatic heterocycles. The van der Waals surface area contributed by atoms with Gasteiger partial charge in [0.05, 0.1) is 5.75 Å². The van der Waals surface area contributed by atoms with Crippen LogP contribution in [0.1, 0.15) is 11.1 Å². The van der Waals surface area contributed by atoms with Gasteiger partial charge in [0, 0.05) is 11.3 Å². The highest BCUT2D eigenvalue weighted by Gasteiger charge is 2.11. The zero-order valence-corrected chi connectivity index (χ0v) is 14.3. The molecule has 0 spiro atoms. The molecule has 0 bridgehead atoms. The summed E-state index contributed by atoms with van der Waals surface area (Å²) in [4.78, 5) is 16.3.